The second-order valence-electron chi connectivity index (χ2n) is 7.07. The summed E-state index contributed by atoms with van der Waals surface area (Å²) in [5.74, 6) is 0.0448. The van der Waals surface area contributed by atoms with E-state index in [1.54, 1.807) is 6.08 Å². The van der Waals surface area contributed by atoms with Crippen molar-refractivity contribution in [3.8, 4) is 0 Å². The third kappa shape index (κ3) is 7.63. The minimum Gasteiger partial charge on any atom is -0.392 e. The van der Waals surface area contributed by atoms with Crippen molar-refractivity contribution in [2.75, 3.05) is 0 Å². The molecule has 0 aliphatic heterocycles. The fraction of sp³-hybridized carbons (Fsp3) is 0.850. The third-order valence-electron chi connectivity index (χ3n) is 5.01. The molecule has 134 valence electrons. The number of Topliss-reactive ketones (excluding diaryl/α,β-unsaturated/α-hetero) is 1. The van der Waals surface area contributed by atoms with Gasteiger partial charge in [-0.2, -0.15) is 0 Å². The molecule has 4 atom stereocenters. The summed E-state index contributed by atoms with van der Waals surface area (Å²) in [6.07, 6.45) is 13.9. The highest BCUT2D eigenvalue weighted by Gasteiger charge is 2.39. The van der Waals surface area contributed by atoms with E-state index in [9.17, 15) is 15.0 Å². The van der Waals surface area contributed by atoms with Crippen LogP contribution in [0.5, 0.6) is 0 Å². The van der Waals surface area contributed by atoms with Crippen molar-refractivity contribution in [2.24, 2.45) is 11.8 Å². The summed E-state index contributed by atoms with van der Waals surface area (Å²) in [6.45, 7) is 4.34. The van der Waals surface area contributed by atoms with E-state index < -0.39 is 12.2 Å². The molecule has 0 amide bonds. The molecule has 1 aliphatic rings. The van der Waals surface area contributed by atoms with Crippen molar-refractivity contribution in [1.29, 1.82) is 0 Å². The van der Waals surface area contributed by atoms with E-state index in [2.05, 4.69) is 13.8 Å². The third-order valence-corrected chi connectivity index (χ3v) is 5.01. The smallest absolute Gasteiger partial charge is 0.139 e. The minimum atomic E-state index is -0.567. The van der Waals surface area contributed by atoms with Crippen LogP contribution in [0.1, 0.15) is 84.5 Å². The minimum absolute atomic E-state index is 0.0503. The van der Waals surface area contributed by atoms with E-state index in [-0.39, 0.29) is 24.0 Å². The molecular weight excluding hydrogens is 288 g/mol. The molecule has 0 unspecified atom stereocenters. The van der Waals surface area contributed by atoms with E-state index in [0.29, 0.717) is 0 Å². The van der Waals surface area contributed by atoms with E-state index in [1.165, 1.54) is 25.7 Å². The Balaban J connectivity index is 2.43. The first kappa shape index (κ1) is 20.4. The Morgan fingerprint density at radius 1 is 1.09 bits per heavy atom. The van der Waals surface area contributed by atoms with Crippen LogP contribution in [0, 0.1) is 11.8 Å². The van der Waals surface area contributed by atoms with Crippen molar-refractivity contribution >= 4 is 5.78 Å². The zero-order valence-electron chi connectivity index (χ0n) is 15.0. The van der Waals surface area contributed by atoms with Crippen molar-refractivity contribution in [1.82, 2.24) is 0 Å². The van der Waals surface area contributed by atoms with Crippen molar-refractivity contribution < 1.29 is 15.0 Å². The number of aliphatic hydroxyl groups is 2. The van der Waals surface area contributed by atoms with E-state index in [0.717, 1.165) is 38.5 Å². The molecule has 23 heavy (non-hydrogen) atoms. The standard InChI is InChI=1S/C20H36O3/c1-3-5-7-8-10-12-17-18(20(23)15-19(17)22)14-13-16(21)11-9-6-4-2/h13-14,16-18,20-21,23H,3-12,15H2,1-2H3/b14-13+/t16-,17+,18+,20+/m0/s1. The van der Waals surface area contributed by atoms with Crippen molar-refractivity contribution in [3.05, 3.63) is 12.2 Å². The molecule has 0 aromatic rings. The molecule has 0 saturated heterocycles. The number of unbranched alkanes of at least 4 members (excludes halogenated alkanes) is 6. The molecule has 0 aromatic carbocycles. The van der Waals surface area contributed by atoms with Crippen LogP contribution in [0.2, 0.25) is 0 Å². The second kappa shape index (κ2) is 11.8. The van der Waals surface area contributed by atoms with Gasteiger partial charge in [0.2, 0.25) is 0 Å². The molecule has 3 nitrogen and oxygen atoms in total. The molecule has 2 N–H and O–H groups in total. The molecule has 1 fully saturated rings. The highest BCUT2D eigenvalue weighted by Crippen LogP contribution is 2.34. The molecule has 0 radical (unpaired) electrons. The zero-order valence-corrected chi connectivity index (χ0v) is 15.0. The molecule has 0 spiro atoms. The van der Waals surface area contributed by atoms with Crippen molar-refractivity contribution in [3.63, 3.8) is 0 Å². The molecule has 1 saturated carbocycles. The van der Waals surface area contributed by atoms with Gasteiger partial charge in [0.05, 0.1) is 12.2 Å². The fourth-order valence-electron chi connectivity index (χ4n) is 3.52. The number of carbonyl (C=O) groups is 1. The predicted molar refractivity (Wildman–Crippen MR) is 95.3 cm³/mol. The molecule has 3 heteroatoms. The summed E-state index contributed by atoms with van der Waals surface area (Å²) in [5, 5.41) is 20.1. The molecular formula is C20H36O3. The van der Waals surface area contributed by atoms with Crippen LogP contribution in [0.3, 0.4) is 0 Å². The number of rotatable bonds is 12. The van der Waals surface area contributed by atoms with Crippen LogP contribution >= 0.6 is 0 Å². The quantitative estimate of drug-likeness (QED) is 0.413. The largest absolute Gasteiger partial charge is 0.392 e. The van der Waals surface area contributed by atoms with Gasteiger partial charge < -0.3 is 10.2 Å². The van der Waals surface area contributed by atoms with Gasteiger partial charge in [-0.3, -0.25) is 4.79 Å². The van der Waals surface area contributed by atoms with E-state index in [1.807, 2.05) is 6.08 Å². The lowest BCUT2D eigenvalue weighted by atomic mass is 9.88. The Morgan fingerprint density at radius 3 is 2.43 bits per heavy atom. The highest BCUT2D eigenvalue weighted by atomic mass is 16.3. The number of hydrogen-bond acceptors (Lipinski definition) is 3. The summed E-state index contributed by atoms with van der Waals surface area (Å²) < 4.78 is 0. The van der Waals surface area contributed by atoms with Crippen LogP contribution in [-0.2, 0) is 4.79 Å². The fourth-order valence-corrected chi connectivity index (χ4v) is 3.52. The maximum atomic E-state index is 12.1. The SMILES string of the molecule is CCCCCCC[C@H]1C(=O)C[C@@H](O)[C@@H]1/C=C/[C@@H](O)CCCCC. The summed E-state index contributed by atoms with van der Waals surface area (Å²) in [5.41, 5.74) is 0. The lowest BCUT2D eigenvalue weighted by Gasteiger charge is -2.18. The van der Waals surface area contributed by atoms with Gasteiger partial charge in [-0.05, 0) is 12.8 Å². The van der Waals surface area contributed by atoms with Gasteiger partial charge in [0.1, 0.15) is 5.78 Å². The predicted octanol–water partition coefficient (Wildman–Crippen LogP) is 4.41. The summed E-state index contributed by atoms with van der Waals surface area (Å²) in [4.78, 5) is 12.1. The summed E-state index contributed by atoms with van der Waals surface area (Å²) >= 11 is 0. The lowest BCUT2D eigenvalue weighted by molar-refractivity contribution is -0.121. The Kier molecular flexibility index (Phi) is 10.5. The van der Waals surface area contributed by atoms with Crippen LogP contribution in [-0.4, -0.2) is 28.2 Å². The van der Waals surface area contributed by atoms with Crippen LogP contribution < -0.4 is 0 Å². The number of carbonyl (C=O) groups excluding carboxylic acids is 1. The van der Waals surface area contributed by atoms with Crippen LogP contribution in [0.25, 0.3) is 0 Å². The van der Waals surface area contributed by atoms with Gasteiger partial charge >= 0.3 is 0 Å². The molecule has 0 bridgehead atoms. The Labute approximate surface area is 142 Å². The zero-order chi connectivity index (χ0) is 17.1. The van der Waals surface area contributed by atoms with Crippen LogP contribution in [0.4, 0.5) is 0 Å². The highest BCUT2D eigenvalue weighted by molar-refractivity contribution is 5.84. The number of ketones is 1. The maximum absolute atomic E-state index is 12.1. The summed E-state index contributed by atoms with van der Waals surface area (Å²) in [6, 6.07) is 0. The van der Waals surface area contributed by atoms with Crippen molar-refractivity contribution in [2.45, 2.75) is 96.7 Å². The van der Waals surface area contributed by atoms with E-state index >= 15 is 0 Å². The first-order chi connectivity index (χ1) is 11.1. The first-order valence-corrected chi connectivity index (χ1v) is 9.67. The number of hydrogen-bond donors (Lipinski definition) is 2. The second-order valence-corrected chi connectivity index (χ2v) is 7.07. The molecule has 1 rings (SSSR count). The first-order valence-electron chi connectivity index (χ1n) is 9.67. The molecule has 0 heterocycles. The average Bonchev–Trinajstić information content (AvgIpc) is 2.79. The van der Waals surface area contributed by atoms with Crippen LogP contribution in [0.15, 0.2) is 12.2 Å². The Bertz CT molecular complexity index is 351. The van der Waals surface area contributed by atoms with Gasteiger partial charge in [0.25, 0.3) is 0 Å². The lowest BCUT2D eigenvalue weighted by Crippen LogP contribution is -2.19. The van der Waals surface area contributed by atoms with Gasteiger partial charge in [0.15, 0.2) is 0 Å². The molecule has 1 aliphatic carbocycles. The normalized spacial score (nSPS) is 26.3. The maximum Gasteiger partial charge on any atom is 0.139 e. The number of aliphatic hydroxyl groups excluding tert-OH is 2. The van der Waals surface area contributed by atoms with Gasteiger partial charge in [0, 0.05) is 18.3 Å². The molecule has 0 aromatic heterocycles. The van der Waals surface area contributed by atoms with Gasteiger partial charge in [-0.1, -0.05) is 77.4 Å². The van der Waals surface area contributed by atoms with Gasteiger partial charge in [-0.15, -0.1) is 0 Å². The monoisotopic (exact) mass is 324 g/mol. The van der Waals surface area contributed by atoms with E-state index in [4.69, 9.17) is 0 Å². The average molecular weight is 325 g/mol. The Morgan fingerprint density at radius 2 is 1.74 bits per heavy atom. The topological polar surface area (TPSA) is 57.5 Å². The summed E-state index contributed by atoms with van der Waals surface area (Å²) in [7, 11) is 0. The Hall–Kier alpha value is -0.670. The van der Waals surface area contributed by atoms with Gasteiger partial charge in [-0.25, -0.2) is 0 Å².